The van der Waals surface area contributed by atoms with Crippen LogP contribution in [-0.2, 0) is 6.54 Å². The van der Waals surface area contributed by atoms with Gasteiger partial charge in [-0.1, -0.05) is 48.0 Å². The monoisotopic (exact) mass is 462 g/mol. The van der Waals surface area contributed by atoms with Gasteiger partial charge in [-0.3, -0.25) is 9.69 Å². The van der Waals surface area contributed by atoms with Crippen LogP contribution >= 0.6 is 11.6 Å². The second kappa shape index (κ2) is 11.0. The molecule has 1 fully saturated rings. The number of carbonyl (C=O) groups is 1. The van der Waals surface area contributed by atoms with Gasteiger partial charge in [0.15, 0.2) is 0 Å². The molecule has 7 heteroatoms. The number of benzene rings is 3. The molecular weight excluding hydrogens is 436 g/mol. The number of piperazine rings is 1. The van der Waals surface area contributed by atoms with E-state index in [0.29, 0.717) is 10.6 Å². The number of para-hydroxylation sites is 2. The molecule has 1 saturated heterocycles. The molecule has 1 aliphatic heterocycles. The fourth-order valence-electron chi connectivity index (χ4n) is 3.87. The maximum absolute atomic E-state index is 12.3. The van der Waals surface area contributed by atoms with Gasteiger partial charge in [0.1, 0.15) is 5.75 Å². The van der Waals surface area contributed by atoms with Crippen molar-refractivity contribution in [2.45, 2.75) is 6.54 Å². The Hall–Kier alpha value is -3.35. The van der Waals surface area contributed by atoms with Gasteiger partial charge in [-0.15, -0.1) is 0 Å². The van der Waals surface area contributed by atoms with Crippen LogP contribution in [0.5, 0.6) is 5.75 Å². The number of methoxy groups -OCH3 is 1. The van der Waals surface area contributed by atoms with Crippen molar-refractivity contribution in [3.8, 4) is 5.75 Å². The molecule has 1 aliphatic rings. The molecule has 1 amide bonds. The fourth-order valence-corrected chi connectivity index (χ4v) is 4.07. The summed E-state index contributed by atoms with van der Waals surface area (Å²) in [6.07, 6.45) is 1.57. The Morgan fingerprint density at radius 1 is 1.03 bits per heavy atom. The van der Waals surface area contributed by atoms with E-state index in [-0.39, 0.29) is 5.91 Å². The Kier molecular flexibility index (Phi) is 7.60. The number of anilines is 1. The molecule has 0 bridgehead atoms. The van der Waals surface area contributed by atoms with Gasteiger partial charge in [-0.05, 0) is 47.5 Å². The Balaban J connectivity index is 1.27. The first-order chi connectivity index (χ1) is 16.1. The highest BCUT2D eigenvalue weighted by Gasteiger charge is 2.19. The third-order valence-corrected chi connectivity index (χ3v) is 5.88. The van der Waals surface area contributed by atoms with Crippen LogP contribution in [0.25, 0.3) is 0 Å². The second-order valence-electron chi connectivity index (χ2n) is 7.89. The van der Waals surface area contributed by atoms with Gasteiger partial charge >= 0.3 is 0 Å². The highest BCUT2D eigenvalue weighted by Crippen LogP contribution is 2.28. The van der Waals surface area contributed by atoms with Crippen molar-refractivity contribution in [1.29, 1.82) is 0 Å². The Morgan fingerprint density at radius 3 is 2.52 bits per heavy atom. The molecule has 1 heterocycles. The van der Waals surface area contributed by atoms with E-state index >= 15 is 0 Å². The maximum atomic E-state index is 12.3. The van der Waals surface area contributed by atoms with Crippen molar-refractivity contribution in [3.63, 3.8) is 0 Å². The molecule has 0 aliphatic carbocycles. The number of halogens is 1. The summed E-state index contributed by atoms with van der Waals surface area (Å²) < 4.78 is 5.50. The zero-order valence-corrected chi connectivity index (χ0v) is 19.3. The summed E-state index contributed by atoms with van der Waals surface area (Å²) in [7, 11) is 1.71. The Morgan fingerprint density at radius 2 is 1.79 bits per heavy atom. The summed E-state index contributed by atoms with van der Waals surface area (Å²) in [5.74, 6) is 0.668. The Bertz CT molecular complexity index is 1110. The lowest BCUT2D eigenvalue weighted by molar-refractivity contribution is 0.0955. The molecule has 0 radical (unpaired) electrons. The molecule has 0 aromatic heterocycles. The summed E-state index contributed by atoms with van der Waals surface area (Å²) in [4.78, 5) is 17.1. The van der Waals surface area contributed by atoms with Crippen LogP contribution in [0.2, 0.25) is 5.02 Å². The third-order valence-electron chi connectivity index (χ3n) is 5.65. The van der Waals surface area contributed by atoms with Crippen LogP contribution in [0.15, 0.2) is 77.9 Å². The summed E-state index contributed by atoms with van der Waals surface area (Å²) in [5, 5.41) is 4.64. The first-order valence-electron chi connectivity index (χ1n) is 10.9. The molecule has 170 valence electrons. The van der Waals surface area contributed by atoms with Crippen molar-refractivity contribution in [2.24, 2.45) is 5.10 Å². The van der Waals surface area contributed by atoms with E-state index < -0.39 is 0 Å². The van der Waals surface area contributed by atoms with Crippen molar-refractivity contribution >= 4 is 29.4 Å². The van der Waals surface area contributed by atoms with Crippen LogP contribution in [0.3, 0.4) is 0 Å². The largest absolute Gasteiger partial charge is 0.495 e. The molecule has 33 heavy (non-hydrogen) atoms. The van der Waals surface area contributed by atoms with Crippen LogP contribution in [0.1, 0.15) is 21.5 Å². The summed E-state index contributed by atoms with van der Waals surface area (Å²) in [6.45, 7) is 4.70. The van der Waals surface area contributed by atoms with Crippen molar-refractivity contribution in [1.82, 2.24) is 10.3 Å². The summed E-state index contributed by atoms with van der Waals surface area (Å²) in [6, 6.07) is 23.1. The SMILES string of the molecule is COc1ccccc1N1CCN(Cc2ccc(C(=O)N/N=C\c3cccc(Cl)c3)cc2)CC1. The van der Waals surface area contributed by atoms with Crippen LogP contribution in [0.4, 0.5) is 5.69 Å². The number of ether oxygens (including phenoxy) is 1. The lowest BCUT2D eigenvalue weighted by Crippen LogP contribution is -2.46. The van der Waals surface area contributed by atoms with Crippen molar-refractivity contribution in [3.05, 3.63) is 94.5 Å². The number of nitrogens with one attached hydrogen (secondary N) is 1. The average molecular weight is 463 g/mol. The number of hydrogen-bond donors (Lipinski definition) is 1. The summed E-state index contributed by atoms with van der Waals surface area (Å²) in [5.41, 5.74) is 6.28. The normalized spacial score (nSPS) is 14.4. The van der Waals surface area contributed by atoms with Gasteiger partial charge in [0, 0.05) is 43.3 Å². The molecule has 3 aromatic rings. The molecule has 0 unspecified atom stereocenters. The quantitative estimate of drug-likeness (QED) is 0.416. The molecule has 3 aromatic carbocycles. The number of nitrogens with zero attached hydrogens (tertiary/aromatic N) is 3. The van der Waals surface area contributed by atoms with E-state index in [4.69, 9.17) is 16.3 Å². The van der Waals surface area contributed by atoms with Gasteiger partial charge in [-0.2, -0.15) is 5.10 Å². The zero-order chi connectivity index (χ0) is 23.0. The molecule has 4 rings (SSSR count). The highest BCUT2D eigenvalue weighted by atomic mass is 35.5. The average Bonchev–Trinajstić information content (AvgIpc) is 2.85. The predicted molar refractivity (Wildman–Crippen MR) is 133 cm³/mol. The van der Waals surface area contributed by atoms with E-state index in [2.05, 4.69) is 26.4 Å². The van der Waals surface area contributed by atoms with E-state index in [0.717, 1.165) is 49.7 Å². The highest BCUT2D eigenvalue weighted by molar-refractivity contribution is 6.30. The van der Waals surface area contributed by atoms with Crippen LogP contribution in [-0.4, -0.2) is 50.3 Å². The van der Waals surface area contributed by atoms with Gasteiger partial charge in [-0.25, -0.2) is 5.43 Å². The van der Waals surface area contributed by atoms with Gasteiger partial charge < -0.3 is 9.64 Å². The number of amides is 1. The number of hydrogen-bond acceptors (Lipinski definition) is 5. The van der Waals surface area contributed by atoms with Gasteiger partial charge in [0.05, 0.1) is 19.0 Å². The predicted octanol–water partition coefficient (Wildman–Crippen LogP) is 4.43. The van der Waals surface area contributed by atoms with E-state index in [1.54, 1.807) is 25.5 Å². The van der Waals surface area contributed by atoms with Crippen LogP contribution in [0, 0.1) is 0 Å². The molecule has 1 N–H and O–H groups in total. The maximum Gasteiger partial charge on any atom is 0.271 e. The van der Waals surface area contributed by atoms with E-state index in [1.807, 2.05) is 54.6 Å². The van der Waals surface area contributed by atoms with Crippen LogP contribution < -0.4 is 15.1 Å². The fraction of sp³-hybridized carbons (Fsp3) is 0.231. The van der Waals surface area contributed by atoms with E-state index in [1.165, 1.54) is 5.56 Å². The van der Waals surface area contributed by atoms with Gasteiger partial charge in [0.25, 0.3) is 5.91 Å². The minimum absolute atomic E-state index is 0.245. The standard InChI is InChI=1S/C26H27ClN4O2/c1-33-25-8-3-2-7-24(25)31-15-13-30(14-16-31)19-20-9-11-22(12-10-20)26(32)29-28-18-21-5-4-6-23(27)17-21/h2-12,17-18H,13-16,19H2,1H3,(H,29,32)/b28-18-. The van der Waals surface area contributed by atoms with Gasteiger partial charge in [0.2, 0.25) is 0 Å². The lowest BCUT2D eigenvalue weighted by atomic mass is 10.1. The minimum Gasteiger partial charge on any atom is -0.495 e. The van der Waals surface area contributed by atoms with Crippen molar-refractivity contribution in [2.75, 3.05) is 38.2 Å². The van der Waals surface area contributed by atoms with E-state index in [9.17, 15) is 4.79 Å². The number of hydrazone groups is 1. The number of rotatable bonds is 7. The number of carbonyl (C=O) groups excluding carboxylic acids is 1. The molecular formula is C26H27ClN4O2. The molecule has 0 saturated carbocycles. The molecule has 0 atom stereocenters. The second-order valence-corrected chi connectivity index (χ2v) is 8.32. The minimum atomic E-state index is -0.245. The molecule has 6 nitrogen and oxygen atoms in total. The topological polar surface area (TPSA) is 57.2 Å². The zero-order valence-electron chi connectivity index (χ0n) is 18.6. The van der Waals surface area contributed by atoms with Crippen molar-refractivity contribution < 1.29 is 9.53 Å². The first-order valence-corrected chi connectivity index (χ1v) is 11.3. The first kappa shape index (κ1) is 22.8. The smallest absolute Gasteiger partial charge is 0.271 e. The lowest BCUT2D eigenvalue weighted by Gasteiger charge is -2.36. The molecule has 0 spiro atoms. The third kappa shape index (κ3) is 6.12. The summed E-state index contributed by atoms with van der Waals surface area (Å²) >= 11 is 5.95. The Labute approximate surface area is 199 Å².